The molecule has 0 fully saturated rings. The second-order valence-electron chi connectivity index (χ2n) is 6.43. The molecular weight excluding hydrogens is 419 g/mol. The molecule has 9 nitrogen and oxygen atoms in total. The molecule has 5 rings (SSSR count). The maximum absolute atomic E-state index is 12.9. The van der Waals surface area contributed by atoms with Gasteiger partial charge in [0.1, 0.15) is 11.3 Å². The van der Waals surface area contributed by atoms with Crippen molar-refractivity contribution in [2.24, 2.45) is 0 Å². The normalized spacial score (nSPS) is 15.5. The van der Waals surface area contributed by atoms with Crippen molar-refractivity contribution in [3.8, 4) is 5.88 Å². The predicted molar refractivity (Wildman–Crippen MR) is 106 cm³/mol. The van der Waals surface area contributed by atoms with E-state index < -0.39 is 0 Å². The third kappa shape index (κ3) is 3.27. The number of fused-ring (bicyclic) bond motifs is 2. The third-order valence-electron chi connectivity index (χ3n) is 4.59. The molecular formula is C18H14Cl2N6O3. The minimum Gasteiger partial charge on any atom is -0.455 e. The zero-order valence-corrected chi connectivity index (χ0v) is 16.4. The summed E-state index contributed by atoms with van der Waals surface area (Å²) in [6.07, 6.45) is 2.15. The van der Waals surface area contributed by atoms with Crippen LogP contribution in [-0.4, -0.2) is 34.1 Å². The number of amides is 1. The van der Waals surface area contributed by atoms with E-state index in [9.17, 15) is 4.79 Å². The monoisotopic (exact) mass is 432 g/mol. The highest BCUT2D eigenvalue weighted by molar-refractivity contribution is 6.40. The van der Waals surface area contributed by atoms with E-state index in [1.54, 1.807) is 18.2 Å². The number of anilines is 3. The van der Waals surface area contributed by atoms with E-state index in [-0.39, 0.29) is 30.0 Å². The first-order chi connectivity index (χ1) is 14.1. The highest BCUT2D eigenvalue weighted by atomic mass is 35.5. The van der Waals surface area contributed by atoms with E-state index in [0.717, 1.165) is 24.4 Å². The van der Waals surface area contributed by atoms with Gasteiger partial charge in [0.25, 0.3) is 5.91 Å². The first-order valence-corrected chi connectivity index (χ1v) is 9.58. The number of para-hydroxylation sites is 1. The van der Waals surface area contributed by atoms with E-state index in [0.29, 0.717) is 28.3 Å². The number of halogens is 2. The molecule has 0 saturated heterocycles. The topological polar surface area (TPSA) is 105 Å². The van der Waals surface area contributed by atoms with Gasteiger partial charge >= 0.3 is 6.01 Å². The van der Waals surface area contributed by atoms with Crippen LogP contribution in [0.25, 0.3) is 0 Å². The Balaban J connectivity index is 1.40. The van der Waals surface area contributed by atoms with Gasteiger partial charge in [0.2, 0.25) is 11.8 Å². The number of ether oxygens (including phenoxy) is 1. The minimum atomic E-state index is -0.356. The molecule has 1 aromatic carbocycles. The van der Waals surface area contributed by atoms with Gasteiger partial charge in [-0.25, -0.2) is 4.98 Å². The molecule has 4 heterocycles. The van der Waals surface area contributed by atoms with Crippen molar-refractivity contribution in [3.05, 3.63) is 51.5 Å². The van der Waals surface area contributed by atoms with Gasteiger partial charge in [-0.05, 0) is 12.1 Å². The lowest BCUT2D eigenvalue weighted by molar-refractivity contribution is 0.0932. The average molecular weight is 433 g/mol. The molecule has 0 radical (unpaired) electrons. The Morgan fingerprint density at radius 3 is 2.83 bits per heavy atom. The van der Waals surface area contributed by atoms with E-state index in [1.165, 1.54) is 11.1 Å². The SMILES string of the molecule is O=C1c2cnc(Nc3nc4c(o3)CCNC4)nc2OCN1c1c(Cl)cccc1Cl. The van der Waals surface area contributed by atoms with Crippen LogP contribution in [0.5, 0.6) is 5.88 Å². The molecule has 0 spiro atoms. The molecule has 0 saturated carbocycles. The number of rotatable bonds is 3. The van der Waals surface area contributed by atoms with Crippen molar-refractivity contribution >= 4 is 46.8 Å². The Labute approximate surface area is 175 Å². The summed E-state index contributed by atoms with van der Waals surface area (Å²) in [5, 5.41) is 6.83. The third-order valence-corrected chi connectivity index (χ3v) is 5.20. The number of benzene rings is 1. The van der Waals surface area contributed by atoms with Gasteiger partial charge in [0.05, 0.1) is 21.4 Å². The maximum Gasteiger partial charge on any atom is 0.302 e. The van der Waals surface area contributed by atoms with Crippen LogP contribution in [0.3, 0.4) is 0 Å². The van der Waals surface area contributed by atoms with Gasteiger partial charge < -0.3 is 14.5 Å². The van der Waals surface area contributed by atoms with Crippen LogP contribution in [0.4, 0.5) is 17.7 Å². The molecule has 2 aliphatic rings. The lowest BCUT2D eigenvalue weighted by Crippen LogP contribution is -2.39. The number of carbonyl (C=O) groups excluding carboxylic acids is 1. The molecule has 29 heavy (non-hydrogen) atoms. The molecule has 0 atom stereocenters. The average Bonchev–Trinajstić information content (AvgIpc) is 3.11. The molecule has 11 heteroatoms. The summed E-state index contributed by atoms with van der Waals surface area (Å²) in [6.45, 7) is 1.42. The minimum absolute atomic E-state index is 0.0787. The van der Waals surface area contributed by atoms with Gasteiger partial charge in [-0.3, -0.25) is 15.0 Å². The number of carbonyl (C=O) groups is 1. The molecule has 2 N–H and O–H groups in total. The number of hydrogen-bond acceptors (Lipinski definition) is 8. The standard InChI is InChI=1S/C18H14Cl2N6O3/c19-10-2-1-3-11(20)14(10)26-8-28-15-9(16(26)27)6-22-17(24-15)25-18-23-12-7-21-5-4-13(12)29-18/h1-3,6,21H,4-5,7-8H2,(H,22,23,24,25). The Hall–Kier alpha value is -2.88. The number of nitrogens with zero attached hydrogens (tertiary/aromatic N) is 4. The fourth-order valence-corrected chi connectivity index (χ4v) is 3.80. The Morgan fingerprint density at radius 2 is 2.03 bits per heavy atom. The first kappa shape index (κ1) is 18.2. The highest BCUT2D eigenvalue weighted by Crippen LogP contribution is 2.37. The number of hydrogen-bond donors (Lipinski definition) is 2. The summed E-state index contributed by atoms with van der Waals surface area (Å²) in [5.74, 6) is 0.852. The number of aromatic nitrogens is 3. The summed E-state index contributed by atoms with van der Waals surface area (Å²) >= 11 is 12.4. The summed E-state index contributed by atoms with van der Waals surface area (Å²) in [7, 11) is 0. The van der Waals surface area contributed by atoms with E-state index in [4.69, 9.17) is 32.4 Å². The Kier molecular flexibility index (Phi) is 4.50. The lowest BCUT2D eigenvalue weighted by atomic mass is 10.2. The van der Waals surface area contributed by atoms with E-state index in [2.05, 4.69) is 25.6 Å². The zero-order valence-electron chi connectivity index (χ0n) is 14.9. The zero-order chi connectivity index (χ0) is 20.0. The molecule has 0 unspecified atom stereocenters. The van der Waals surface area contributed by atoms with Crippen LogP contribution in [0.1, 0.15) is 21.8 Å². The van der Waals surface area contributed by atoms with Crippen LogP contribution in [-0.2, 0) is 13.0 Å². The summed E-state index contributed by atoms with van der Waals surface area (Å²) in [4.78, 5) is 27.1. The first-order valence-electron chi connectivity index (χ1n) is 8.82. The van der Waals surface area contributed by atoms with Crippen molar-refractivity contribution in [2.75, 3.05) is 23.5 Å². The second-order valence-corrected chi connectivity index (χ2v) is 7.24. The highest BCUT2D eigenvalue weighted by Gasteiger charge is 2.31. The second kappa shape index (κ2) is 7.18. The fraction of sp³-hybridized carbons (Fsp3) is 0.222. The molecule has 0 bridgehead atoms. The van der Waals surface area contributed by atoms with Crippen LogP contribution < -0.4 is 20.3 Å². The quantitative estimate of drug-likeness (QED) is 0.649. The fourth-order valence-electron chi connectivity index (χ4n) is 3.20. The van der Waals surface area contributed by atoms with Crippen molar-refractivity contribution in [1.29, 1.82) is 0 Å². The van der Waals surface area contributed by atoms with E-state index >= 15 is 0 Å². The smallest absolute Gasteiger partial charge is 0.302 e. The molecule has 148 valence electrons. The van der Waals surface area contributed by atoms with Crippen LogP contribution in [0, 0.1) is 0 Å². The van der Waals surface area contributed by atoms with Crippen molar-refractivity contribution in [3.63, 3.8) is 0 Å². The van der Waals surface area contributed by atoms with Gasteiger partial charge in [-0.1, -0.05) is 29.3 Å². The summed E-state index contributed by atoms with van der Waals surface area (Å²) in [5.41, 5.74) is 1.44. The molecule has 2 aromatic heterocycles. The summed E-state index contributed by atoms with van der Waals surface area (Å²) < 4.78 is 11.4. The van der Waals surface area contributed by atoms with Crippen molar-refractivity contribution < 1.29 is 13.9 Å². The van der Waals surface area contributed by atoms with Gasteiger partial charge in [0, 0.05) is 25.7 Å². The van der Waals surface area contributed by atoms with Crippen LogP contribution >= 0.6 is 23.2 Å². The van der Waals surface area contributed by atoms with Gasteiger partial charge in [0.15, 0.2) is 6.73 Å². The summed E-state index contributed by atoms with van der Waals surface area (Å²) in [6, 6.07) is 5.31. The number of nitrogens with one attached hydrogen (secondary N) is 2. The molecule has 1 amide bonds. The maximum atomic E-state index is 12.9. The largest absolute Gasteiger partial charge is 0.455 e. The van der Waals surface area contributed by atoms with Crippen molar-refractivity contribution in [2.45, 2.75) is 13.0 Å². The number of oxazole rings is 1. The molecule has 3 aromatic rings. The van der Waals surface area contributed by atoms with Gasteiger partial charge in [-0.15, -0.1) is 0 Å². The predicted octanol–water partition coefficient (Wildman–Crippen LogP) is 3.16. The van der Waals surface area contributed by atoms with Crippen LogP contribution in [0.15, 0.2) is 28.8 Å². The van der Waals surface area contributed by atoms with Crippen LogP contribution in [0.2, 0.25) is 10.0 Å². The van der Waals surface area contributed by atoms with Gasteiger partial charge in [-0.2, -0.15) is 9.97 Å². The molecule has 2 aliphatic heterocycles. The van der Waals surface area contributed by atoms with E-state index in [1.807, 2.05) is 0 Å². The Bertz CT molecular complexity index is 1080. The van der Waals surface area contributed by atoms with Crippen molar-refractivity contribution in [1.82, 2.24) is 20.3 Å². The molecule has 0 aliphatic carbocycles. The Morgan fingerprint density at radius 1 is 1.21 bits per heavy atom. The lowest BCUT2D eigenvalue weighted by Gasteiger charge is -2.29.